The summed E-state index contributed by atoms with van der Waals surface area (Å²) in [7, 11) is 0. The summed E-state index contributed by atoms with van der Waals surface area (Å²) in [6.07, 6.45) is 7.08. The minimum absolute atomic E-state index is 0.00487. The molecule has 5 rings (SSSR count). The molecule has 2 aliphatic rings. The van der Waals surface area contributed by atoms with Gasteiger partial charge in [-0.3, -0.25) is 9.59 Å². The second-order valence-corrected chi connectivity index (χ2v) is 11.4. The van der Waals surface area contributed by atoms with Gasteiger partial charge in [-0.2, -0.15) is 0 Å². The normalized spacial score (nSPS) is 17.5. The van der Waals surface area contributed by atoms with Gasteiger partial charge >= 0.3 is 0 Å². The SMILES string of the molecule is CCC1=C(CC)C(/C=c2\[nH]/c(=C(/c3ccccc3)c3[nH]c(/C=C4\NC(=O)C(CC)=C4CC)c(C)c3C)c(C)c2C)=NC1=O. The summed E-state index contributed by atoms with van der Waals surface area (Å²) < 4.78 is 0. The van der Waals surface area contributed by atoms with Crippen LogP contribution in [0.25, 0.3) is 17.7 Å². The molecule has 222 valence electrons. The van der Waals surface area contributed by atoms with Crippen molar-refractivity contribution in [2.75, 3.05) is 0 Å². The summed E-state index contributed by atoms with van der Waals surface area (Å²) >= 11 is 0. The van der Waals surface area contributed by atoms with Gasteiger partial charge in [0.1, 0.15) is 0 Å². The molecule has 3 N–H and O–H groups in total. The number of benzene rings is 1. The highest BCUT2D eigenvalue weighted by molar-refractivity contribution is 6.31. The number of amides is 2. The summed E-state index contributed by atoms with van der Waals surface area (Å²) in [5.74, 6) is -0.113. The van der Waals surface area contributed by atoms with Gasteiger partial charge in [0.15, 0.2) is 0 Å². The highest BCUT2D eigenvalue weighted by Crippen LogP contribution is 2.32. The lowest BCUT2D eigenvalue weighted by molar-refractivity contribution is -0.116. The lowest BCUT2D eigenvalue weighted by atomic mass is 9.97. The highest BCUT2D eigenvalue weighted by atomic mass is 16.2. The van der Waals surface area contributed by atoms with E-state index in [1.807, 2.05) is 26.0 Å². The number of carbonyl (C=O) groups is 2. The predicted molar refractivity (Wildman–Crippen MR) is 176 cm³/mol. The van der Waals surface area contributed by atoms with Crippen LogP contribution in [0.1, 0.15) is 92.6 Å². The van der Waals surface area contributed by atoms with E-state index in [2.05, 4.69) is 92.2 Å². The molecule has 0 unspecified atom stereocenters. The van der Waals surface area contributed by atoms with Crippen molar-refractivity contribution < 1.29 is 9.59 Å². The molecule has 4 heterocycles. The van der Waals surface area contributed by atoms with Gasteiger partial charge in [-0.15, -0.1) is 0 Å². The van der Waals surface area contributed by atoms with Crippen molar-refractivity contribution >= 4 is 35.3 Å². The maximum atomic E-state index is 12.6. The number of nitrogens with zero attached hydrogens (tertiary/aromatic N) is 1. The van der Waals surface area contributed by atoms with Gasteiger partial charge in [-0.05, 0) is 104 Å². The summed E-state index contributed by atoms with van der Waals surface area (Å²) in [5.41, 5.74) is 14.2. The molecular formula is C37H42N4O2. The number of carbonyl (C=O) groups excluding carboxylic acids is 2. The zero-order chi connectivity index (χ0) is 31.0. The average molecular weight is 575 g/mol. The number of hydrogen-bond donors (Lipinski definition) is 3. The minimum Gasteiger partial charge on any atom is -0.354 e. The zero-order valence-corrected chi connectivity index (χ0v) is 26.6. The Morgan fingerprint density at radius 3 is 2.00 bits per heavy atom. The Labute approximate surface area is 254 Å². The van der Waals surface area contributed by atoms with E-state index in [9.17, 15) is 9.59 Å². The van der Waals surface area contributed by atoms with Gasteiger partial charge in [-0.25, -0.2) is 4.99 Å². The van der Waals surface area contributed by atoms with Crippen LogP contribution in [-0.4, -0.2) is 27.5 Å². The summed E-state index contributed by atoms with van der Waals surface area (Å²) in [5, 5.41) is 5.08. The molecule has 0 atom stereocenters. The highest BCUT2D eigenvalue weighted by Gasteiger charge is 2.26. The standard InChI is InChI=1S/C37H42N4O2/c1-9-25-27(11-3)36(42)40-31(25)18-29-20(5)22(7)34(38-29)33(24-16-14-13-15-17-24)35-23(8)21(6)30(39-35)19-32-26(10-2)28(12-4)37(43)41-32/h13-19,38-39H,9-12H2,1-8H3,(H,40,42)/b30-19-,31-18-,35-33-. The Morgan fingerprint density at radius 1 is 0.721 bits per heavy atom. The number of aliphatic imine (C=N–C) groups is 1. The quantitative estimate of drug-likeness (QED) is 0.295. The van der Waals surface area contributed by atoms with Gasteiger partial charge < -0.3 is 15.3 Å². The third-order valence-corrected chi connectivity index (χ3v) is 9.11. The Hall–Kier alpha value is -4.45. The molecule has 0 aliphatic carbocycles. The van der Waals surface area contributed by atoms with Crippen molar-refractivity contribution in [1.82, 2.24) is 15.3 Å². The number of nitrogens with one attached hydrogen (secondary N) is 3. The van der Waals surface area contributed by atoms with Crippen LogP contribution in [0.15, 0.2) is 63.3 Å². The molecule has 0 saturated carbocycles. The van der Waals surface area contributed by atoms with Gasteiger partial charge in [0.05, 0.1) is 16.8 Å². The predicted octanol–water partition coefficient (Wildman–Crippen LogP) is 6.29. The van der Waals surface area contributed by atoms with Crippen LogP contribution in [0, 0.1) is 27.7 Å². The minimum atomic E-state index is -0.118. The molecule has 1 aromatic carbocycles. The molecular weight excluding hydrogens is 532 g/mol. The van der Waals surface area contributed by atoms with Crippen molar-refractivity contribution in [3.8, 4) is 0 Å². The number of hydrogen-bond acceptors (Lipinski definition) is 2. The monoisotopic (exact) mass is 574 g/mol. The lowest BCUT2D eigenvalue weighted by Gasteiger charge is -2.09. The fraction of sp³-hybridized carbons (Fsp3) is 0.324. The largest absolute Gasteiger partial charge is 0.354 e. The van der Waals surface area contributed by atoms with Gasteiger partial charge in [0, 0.05) is 33.5 Å². The molecule has 6 heteroatoms. The number of aromatic amines is 2. The average Bonchev–Trinajstić information content (AvgIpc) is 3.67. The van der Waals surface area contributed by atoms with Crippen LogP contribution in [0.4, 0.5) is 0 Å². The van der Waals surface area contributed by atoms with Crippen molar-refractivity contribution in [1.29, 1.82) is 0 Å². The first kappa shape index (κ1) is 30.0. The second-order valence-electron chi connectivity index (χ2n) is 11.4. The van der Waals surface area contributed by atoms with E-state index in [-0.39, 0.29) is 11.8 Å². The van der Waals surface area contributed by atoms with E-state index in [4.69, 9.17) is 0 Å². The van der Waals surface area contributed by atoms with Crippen molar-refractivity contribution in [3.05, 3.63) is 108 Å². The molecule has 0 spiro atoms. The van der Waals surface area contributed by atoms with E-state index in [0.29, 0.717) is 12.8 Å². The van der Waals surface area contributed by atoms with Gasteiger partial charge in [-0.1, -0.05) is 58.0 Å². The number of aromatic nitrogens is 2. The number of allylic oxidation sites excluding steroid dienone is 2. The van der Waals surface area contributed by atoms with Gasteiger partial charge in [0.25, 0.3) is 11.8 Å². The maximum absolute atomic E-state index is 12.6. The van der Waals surface area contributed by atoms with Crippen LogP contribution >= 0.6 is 0 Å². The molecule has 0 saturated heterocycles. The van der Waals surface area contributed by atoms with Gasteiger partial charge in [0.2, 0.25) is 0 Å². The Bertz CT molecular complexity index is 1890. The second kappa shape index (κ2) is 12.0. The van der Waals surface area contributed by atoms with E-state index in [1.54, 1.807) is 0 Å². The van der Waals surface area contributed by atoms with E-state index in [0.717, 1.165) is 102 Å². The van der Waals surface area contributed by atoms with Crippen LogP contribution in [0.5, 0.6) is 0 Å². The Kier molecular flexibility index (Phi) is 8.41. The first-order valence-electron chi connectivity index (χ1n) is 15.4. The van der Waals surface area contributed by atoms with E-state index < -0.39 is 0 Å². The topological polar surface area (TPSA) is 90.1 Å². The van der Waals surface area contributed by atoms with Crippen molar-refractivity contribution in [2.24, 2.45) is 4.99 Å². The first-order chi connectivity index (χ1) is 20.6. The molecule has 3 aromatic rings. The van der Waals surface area contributed by atoms with Crippen LogP contribution in [0.3, 0.4) is 0 Å². The maximum Gasteiger partial charge on any atom is 0.273 e. The number of rotatable bonds is 8. The van der Waals surface area contributed by atoms with Crippen LogP contribution in [0.2, 0.25) is 0 Å². The third kappa shape index (κ3) is 5.20. The summed E-state index contributed by atoms with van der Waals surface area (Å²) in [6, 6.07) is 10.4. The zero-order valence-electron chi connectivity index (χ0n) is 26.6. The number of H-pyrrole nitrogens is 2. The van der Waals surface area contributed by atoms with Crippen molar-refractivity contribution in [2.45, 2.75) is 81.1 Å². The summed E-state index contributed by atoms with van der Waals surface area (Å²) in [6.45, 7) is 16.8. The molecule has 0 fully saturated rings. The third-order valence-electron chi connectivity index (χ3n) is 9.11. The van der Waals surface area contributed by atoms with Crippen molar-refractivity contribution in [3.63, 3.8) is 0 Å². The molecule has 2 aromatic heterocycles. The molecule has 0 radical (unpaired) electrons. The Balaban J connectivity index is 1.75. The fourth-order valence-corrected chi connectivity index (χ4v) is 6.39. The Morgan fingerprint density at radius 2 is 1.37 bits per heavy atom. The fourth-order valence-electron chi connectivity index (χ4n) is 6.39. The van der Waals surface area contributed by atoms with Crippen LogP contribution < -0.4 is 16.0 Å². The molecule has 0 bridgehead atoms. The molecule has 2 aliphatic heterocycles. The molecule has 2 amide bonds. The summed E-state index contributed by atoms with van der Waals surface area (Å²) in [4.78, 5) is 37.1. The molecule has 43 heavy (non-hydrogen) atoms. The lowest BCUT2D eigenvalue weighted by Crippen LogP contribution is -2.18. The van der Waals surface area contributed by atoms with E-state index >= 15 is 0 Å². The smallest absolute Gasteiger partial charge is 0.273 e. The first-order valence-corrected chi connectivity index (χ1v) is 15.4. The van der Waals surface area contributed by atoms with E-state index in [1.165, 1.54) is 0 Å². The van der Waals surface area contributed by atoms with Crippen LogP contribution in [-0.2, 0) is 9.59 Å². The molecule has 6 nitrogen and oxygen atoms in total.